The average Bonchev–Trinajstić information content (AvgIpc) is 2.99. The third kappa shape index (κ3) is 4.82. The van der Waals surface area contributed by atoms with Crippen LogP contribution in [0, 0.1) is 5.92 Å². The van der Waals surface area contributed by atoms with Crippen molar-refractivity contribution in [3.63, 3.8) is 0 Å². The SMILES string of the molecule is CCOC(=O)c1ccc(CN2C(=O)C(O)=C(C(=O)CC(C)C)C2c2ccc(O)cc2)cc1. The number of aliphatic hydroxyl groups is 1. The van der Waals surface area contributed by atoms with Crippen molar-refractivity contribution in [1.29, 1.82) is 0 Å². The molecule has 2 N–H and O–H groups in total. The normalized spacial score (nSPS) is 16.1. The Balaban J connectivity index is 1.95. The van der Waals surface area contributed by atoms with Crippen molar-refractivity contribution < 1.29 is 29.3 Å². The van der Waals surface area contributed by atoms with Crippen LogP contribution < -0.4 is 0 Å². The molecule has 0 fully saturated rings. The fourth-order valence-corrected chi connectivity index (χ4v) is 3.74. The molecule has 168 valence electrons. The second-order valence-corrected chi connectivity index (χ2v) is 8.13. The Bertz CT molecular complexity index is 1040. The number of carbonyl (C=O) groups excluding carboxylic acids is 3. The Hall–Kier alpha value is -3.61. The summed E-state index contributed by atoms with van der Waals surface area (Å²) in [6.07, 6.45) is 0.198. The maximum atomic E-state index is 13.0. The quantitative estimate of drug-likeness (QED) is 0.603. The van der Waals surface area contributed by atoms with Gasteiger partial charge < -0.3 is 19.8 Å². The van der Waals surface area contributed by atoms with Gasteiger partial charge in [-0.2, -0.15) is 0 Å². The van der Waals surface area contributed by atoms with Gasteiger partial charge in [0, 0.05) is 13.0 Å². The first-order chi connectivity index (χ1) is 15.2. The molecule has 1 aliphatic heterocycles. The number of carbonyl (C=O) groups is 3. The summed E-state index contributed by atoms with van der Waals surface area (Å²) >= 11 is 0. The number of benzene rings is 2. The maximum absolute atomic E-state index is 13.0. The zero-order chi connectivity index (χ0) is 23.4. The van der Waals surface area contributed by atoms with Gasteiger partial charge in [-0.15, -0.1) is 0 Å². The van der Waals surface area contributed by atoms with Crippen LogP contribution in [0.2, 0.25) is 0 Å². The number of esters is 1. The van der Waals surface area contributed by atoms with Crippen LogP contribution in [0.5, 0.6) is 5.75 Å². The van der Waals surface area contributed by atoms with E-state index in [2.05, 4.69) is 0 Å². The highest BCUT2D eigenvalue weighted by atomic mass is 16.5. The van der Waals surface area contributed by atoms with E-state index in [9.17, 15) is 24.6 Å². The Morgan fingerprint density at radius 2 is 1.66 bits per heavy atom. The number of rotatable bonds is 8. The van der Waals surface area contributed by atoms with Crippen molar-refractivity contribution in [1.82, 2.24) is 4.90 Å². The highest BCUT2D eigenvalue weighted by Gasteiger charge is 2.43. The molecule has 2 aromatic rings. The molecule has 0 aromatic heterocycles. The maximum Gasteiger partial charge on any atom is 0.338 e. The van der Waals surface area contributed by atoms with Crippen LogP contribution >= 0.6 is 0 Å². The Morgan fingerprint density at radius 3 is 2.22 bits per heavy atom. The number of aliphatic hydroxyl groups excluding tert-OH is 1. The minimum atomic E-state index is -0.779. The summed E-state index contributed by atoms with van der Waals surface area (Å²) in [4.78, 5) is 39.2. The Labute approximate surface area is 186 Å². The average molecular weight is 437 g/mol. The lowest BCUT2D eigenvalue weighted by molar-refractivity contribution is -0.130. The van der Waals surface area contributed by atoms with Gasteiger partial charge in [0.2, 0.25) is 0 Å². The summed E-state index contributed by atoms with van der Waals surface area (Å²) in [5.41, 5.74) is 1.79. The number of hydrogen-bond acceptors (Lipinski definition) is 6. The van der Waals surface area contributed by atoms with Gasteiger partial charge >= 0.3 is 5.97 Å². The molecular formula is C25H27NO6. The third-order valence-electron chi connectivity index (χ3n) is 5.22. The monoisotopic (exact) mass is 437 g/mol. The zero-order valence-electron chi connectivity index (χ0n) is 18.4. The molecule has 32 heavy (non-hydrogen) atoms. The molecule has 2 aromatic carbocycles. The number of phenolic OH excluding ortho intramolecular Hbond substituents is 1. The predicted molar refractivity (Wildman–Crippen MR) is 118 cm³/mol. The second kappa shape index (κ2) is 9.68. The van der Waals surface area contributed by atoms with Gasteiger partial charge in [-0.1, -0.05) is 38.1 Å². The van der Waals surface area contributed by atoms with Gasteiger partial charge in [-0.3, -0.25) is 9.59 Å². The first-order valence-corrected chi connectivity index (χ1v) is 10.5. The topological polar surface area (TPSA) is 104 Å². The summed E-state index contributed by atoms with van der Waals surface area (Å²) in [6, 6.07) is 12.1. The van der Waals surface area contributed by atoms with Crippen molar-refractivity contribution in [3.05, 3.63) is 76.6 Å². The van der Waals surface area contributed by atoms with Crippen LogP contribution in [0.25, 0.3) is 0 Å². The smallest absolute Gasteiger partial charge is 0.338 e. The van der Waals surface area contributed by atoms with Crippen molar-refractivity contribution in [3.8, 4) is 5.75 Å². The lowest BCUT2D eigenvalue weighted by Crippen LogP contribution is -2.30. The van der Waals surface area contributed by atoms with Crippen molar-refractivity contribution in [2.45, 2.75) is 39.8 Å². The molecule has 0 radical (unpaired) electrons. The third-order valence-corrected chi connectivity index (χ3v) is 5.22. The van der Waals surface area contributed by atoms with E-state index in [4.69, 9.17) is 4.74 Å². The van der Waals surface area contributed by atoms with E-state index in [1.807, 2.05) is 13.8 Å². The fourth-order valence-electron chi connectivity index (χ4n) is 3.74. The Kier molecular flexibility index (Phi) is 6.98. The molecule has 1 amide bonds. The van der Waals surface area contributed by atoms with E-state index in [1.165, 1.54) is 17.0 Å². The number of nitrogens with zero attached hydrogens (tertiary/aromatic N) is 1. The summed E-state index contributed by atoms with van der Waals surface area (Å²) in [6.45, 7) is 5.91. The number of Topliss-reactive ketones (excluding diaryl/α,β-unsaturated/α-hetero) is 1. The van der Waals surface area contributed by atoms with E-state index >= 15 is 0 Å². The summed E-state index contributed by atoms with van der Waals surface area (Å²) in [5, 5.41) is 20.3. The van der Waals surface area contributed by atoms with Gasteiger partial charge in [0.05, 0.1) is 23.8 Å². The molecule has 0 saturated carbocycles. The minimum absolute atomic E-state index is 0.0578. The standard InChI is InChI=1S/C25H27NO6/c1-4-32-25(31)18-7-5-16(6-8-18)14-26-22(17-9-11-19(27)12-10-17)21(23(29)24(26)30)20(28)13-15(2)3/h5-12,15,22,27,29H,4,13-14H2,1-3H3. The molecule has 1 unspecified atom stereocenters. The molecule has 1 heterocycles. The largest absolute Gasteiger partial charge is 0.508 e. The van der Waals surface area contributed by atoms with Crippen LogP contribution in [0.1, 0.15) is 54.7 Å². The van der Waals surface area contributed by atoms with Gasteiger partial charge in [0.25, 0.3) is 5.91 Å². The highest BCUT2D eigenvalue weighted by Crippen LogP contribution is 2.40. The van der Waals surface area contributed by atoms with Crippen molar-refractivity contribution in [2.75, 3.05) is 6.61 Å². The highest BCUT2D eigenvalue weighted by molar-refractivity contribution is 6.09. The summed E-state index contributed by atoms with van der Waals surface area (Å²) in [7, 11) is 0. The number of phenols is 1. The molecule has 0 spiro atoms. The molecule has 1 atom stereocenters. The summed E-state index contributed by atoms with van der Waals surface area (Å²) in [5.74, 6) is -1.78. The molecule has 3 rings (SSSR count). The molecule has 7 heteroatoms. The van der Waals surface area contributed by atoms with Crippen molar-refractivity contribution in [2.24, 2.45) is 5.92 Å². The molecular weight excluding hydrogens is 410 g/mol. The van der Waals surface area contributed by atoms with Gasteiger partial charge in [-0.05, 0) is 48.2 Å². The van der Waals surface area contributed by atoms with E-state index in [0.717, 1.165) is 5.56 Å². The first kappa shape index (κ1) is 23.1. The predicted octanol–water partition coefficient (Wildman–Crippen LogP) is 4.08. The molecule has 0 bridgehead atoms. The van der Waals surface area contributed by atoms with Crippen LogP contribution in [0.4, 0.5) is 0 Å². The molecule has 0 saturated heterocycles. The van der Waals surface area contributed by atoms with E-state index in [-0.39, 0.29) is 42.6 Å². The lowest BCUT2D eigenvalue weighted by atomic mass is 9.92. The Morgan fingerprint density at radius 1 is 1.03 bits per heavy atom. The molecule has 7 nitrogen and oxygen atoms in total. The van der Waals surface area contributed by atoms with E-state index in [0.29, 0.717) is 11.1 Å². The van der Waals surface area contributed by atoms with Gasteiger partial charge in [-0.25, -0.2) is 4.79 Å². The van der Waals surface area contributed by atoms with E-state index in [1.54, 1.807) is 43.3 Å². The number of aromatic hydroxyl groups is 1. The first-order valence-electron chi connectivity index (χ1n) is 10.5. The van der Waals surface area contributed by atoms with E-state index < -0.39 is 23.7 Å². The van der Waals surface area contributed by atoms with Gasteiger partial charge in [0.15, 0.2) is 11.5 Å². The molecule has 1 aliphatic rings. The second-order valence-electron chi connectivity index (χ2n) is 8.13. The minimum Gasteiger partial charge on any atom is -0.508 e. The van der Waals surface area contributed by atoms with Crippen molar-refractivity contribution >= 4 is 17.7 Å². The fraction of sp³-hybridized carbons (Fsp3) is 0.320. The van der Waals surface area contributed by atoms with Crippen LogP contribution in [0.15, 0.2) is 59.9 Å². The number of ether oxygens (including phenoxy) is 1. The van der Waals surface area contributed by atoms with Gasteiger partial charge in [0.1, 0.15) is 5.75 Å². The zero-order valence-corrected chi connectivity index (χ0v) is 18.4. The number of ketones is 1. The lowest BCUT2D eigenvalue weighted by Gasteiger charge is -2.27. The van der Waals surface area contributed by atoms with Crippen LogP contribution in [0.3, 0.4) is 0 Å². The summed E-state index contributed by atoms with van der Waals surface area (Å²) < 4.78 is 4.99. The number of hydrogen-bond donors (Lipinski definition) is 2. The number of amides is 1. The molecule has 0 aliphatic carbocycles. The van der Waals surface area contributed by atoms with Crippen LogP contribution in [-0.2, 0) is 20.9 Å². The van der Waals surface area contributed by atoms with Crippen LogP contribution in [-0.4, -0.2) is 39.4 Å².